The van der Waals surface area contributed by atoms with Crippen molar-refractivity contribution in [2.45, 2.75) is 31.7 Å². The smallest absolute Gasteiger partial charge is 0.220 e. The number of nitrogens with one attached hydrogen (secondary N) is 2. The second-order valence-corrected chi connectivity index (χ2v) is 5.10. The van der Waals surface area contributed by atoms with Gasteiger partial charge in [-0.2, -0.15) is 5.10 Å². The summed E-state index contributed by atoms with van der Waals surface area (Å²) < 4.78 is 1.71. The van der Waals surface area contributed by atoms with E-state index in [9.17, 15) is 4.79 Å². The maximum absolute atomic E-state index is 11.5. The zero-order valence-corrected chi connectivity index (χ0v) is 11.5. The van der Waals surface area contributed by atoms with Gasteiger partial charge in [0.1, 0.15) is 12.1 Å². The van der Waals surface area contributed by atoms with Crippen molar-refractivity contribution >= 4 is 22.8 Å². The van der Waals surface area contributed by atoms with Crippen molar-refractivity contribution in [1.82, 2.24) is 25.1 Å². The SMILES string of the molecule is Cn1ncc2c(NCCCC(=O)NC3CC3)ncnc21. The Bertz CT molecular complexity index is 618. The zero-order chi connectivity index (χ0) is 13.9. The molecule has 1 aliphatic carbocycles. The van der Waals surface area contributed by atoms with Gasteiger partial charge in [0, 0.05) is 26.1 Å². The average molecular weight is 274 g/mol. The number of amides is 1. The van der Waals surface area contributed by atoms with Crippen molar-refractivity contribution in [3.05, 3.63) is 12.5 Å². The molecule has 1 fully saturated rings. The van der Waals surface area contributed by atoms with Crippen molar-refractivity contribution in [2.24, 2.45) is 7.05 Å². The predicted octanol–water partition coefficient (Wildman–Crippen LogP) is 0.834. The van der Waals surface area contributed by atoms with Crippen molar-refractivity contribution in [3.8, 4) is 0 Å². The first-order chi connectivity index (χ1) is 9.74. The first kappa shape index (κ1) is 12.8. The zero-order valence-electron chi connectivity index (χ0n) is 11.5. The molecular weight excluding hydrogens is 256 g/mol. The number of nitrogens with zero attached hydrogens (tertiary/aromatic N) is 4. The summed E-state index contributed by atoms with van der Waals surface area (Å²) in [6.07, 6.45) is 6.85. The molecule has 2 aromatic rings. The predicted molar refractivity (Wildman–Crippen MR) is 75.2 cm³/mol. The standard InChI is InChI=1S/C13H18N6O/c1-19-13-10(7-17-19)12(15-8-16-13)14-6-2-3-11(20)18-9-4-5-9/h7-9H,2-6H2,1H3,(H,18,20)(H,14,15,16). The number of carbonyl (C=O) groups excluding carboxylic acids is 1. The molecule has 1 saturated carbocycles. The van der Waals surface area contributed by atoms with Gasteiger partial charge in [0.05, 0.1) is 11.6 Å². The van der Waals surface area contributed by atoms with E-state index in [2.05, 4.69) is 25.7 Å². The molecule has 0 aromatic carbocycles. The highest BCUT2D eigenvalue weighted by molar-refractivity contribution is 5.85. The van der Waals surface area contributed by atoms with E-state index in [1.807, 2.05) is 7.05 Å². The van der Waals surface area contributed by atoms with Crippen molar-refractivity contribution in [1.29, 1.82) is 0 Å². The Labute approximate surface area is 116 Å². The second-order valence-electron chi connectivity index (χ2n) is 5.10. The number of aromatic nitrogens is 4. The van der Waals surface area contributed by atoms with Crippen LogP contribution < -0.4 is 10.6 Å². The van der Waals surface area contributed by atoms with Gasteiger partial charge in [-0.15, -0.1) is 0 Å². The lowest BCUT2D eigenvalue weighted by Crippen LogP contribution is -2.25. The van der Waals surface area contributed by atoms with Gasteiger partial charge >= 0.3 is 0 Å². The number of aryl methyl sites for hydroxylation is 1. The molecule has 0 unspecified atom stereocenters. The molecular formula is C13H18N6O. The second kappa shape index (κ2) is 5.44. The summed E-state index contributed by atoms with van der Waals surface area (Å²) in [5, 5.41) is 11.3. The lowest BCUT2D eigenvalue weighted by Gasteiger charge is -2.06. The topological polar surface area (TPSA) is 84.7 Å². The molecule has 0 saturated heterocycles. The molecule has 7 nitrogen and oxygen atoms in total. The monoisotopic (exact) mass is 274 g/mol. The summed E-state index contributed by atoms with van der Waals surface area (Å²) in [4.78, 5) is 19.9. The first-order valence-corrected chi connectivity index (χ1v) is 6.90. The van der Waals surface area contributed by atoms with Crippen LogP contribution in [0.25, 0.3) is 11.0 Å². The summed E-state index contributed by atoms with van der Waals surface area (Å²) >= 11 is 0. The highest BCUT2D eigenvalue weighted by Gasteiger charge is 2.22. The lowest BCUT2D eigenvalue weighted by atomic mass is 10.3. The Hall–Kier alpha value is -2.18. The molecule has 7 heteroatoms. The molecule has 0 radical (unpaired) electrons. The molecule has 2 N–H and O–H groups in total. The van der Waals surface area contributed by atoms with Crippen LogP contribution in [0.4, 0.5) is 5.82 Å². The largest absolute Gasteiger partial charge is 0.369 e. The summed E-state index contributed by atoms with van der Waals surface area (Å²) in [6, 6.07) is 0.437. The fourth-order valence-corrected chi connectivity index (χ4v) is 2.09. The Morgan fingerprint density at radius 1 is 1.45 bits per heavy atom. The third kappa shape index (κ3) is 2.87. The number of fused-ring (bicyclic) bond motifs is 1. The van der Waals surface area contributed by atoms with E-state index >= 15 is 0 Å². The van der Waals surface area contributed by atoms with Crippen LogP contribution in [0.1, 0.15) is 25.7 Å². The molecule has 106 valence electrons. The van der Waals surface area contributed by atoms with Crippen LogP contribution >= 0.6 is 0 Å². The fraction of sp³-hybridized carbons (Fsp3) is 0.538. The number of anilines is 1. The molecule has 2 aromatic heterocycles. The Kier molecular flexibility index (Phi) is 3.49. The minimum atomic E-state index is 0.142. The van der Waals surface area contributed by atoms with Crippen molar-refractivity contribution in [2.75, 3.05) is 11.9 Å². The van der Waals surface area contributed by atoms with Crippen LogP contribution in [0.3, 0.4) is 0 Å². The number of rotatable bonds is 6. The Morgan fingerprint density at radius 2 is 2.30 bits per heavy atom. The molecule has 2 heterocycles. The maximum atomic E-state index is 11.5. The van der Waals surface area contributed by atoms with Crippen molar-refractivity contribution in [3.63, 3.8) is 0 Å². The van der Waals surface area contributed by atoms with E-state index in [0.29, 0.717) is 19.0 Å². The lowest BCUT2D eigenvalue weighted by molar-refractivity contribution is -0.121. The Balaban J connectivity index is 1.50. The number of hydrogen-bond acceptors (Lipinski definition) is 5. The van der Waals surface area contributed by atoms with Crippen LogP contribution in [0.5, 0.6) is 0 Å². The van der Waals surface area contributed by atoms with E-state index in [0.717, 1.165) is 36.1 Å². The summed E-state index contributed by atoms with van der Waals surface area (Å²) in [5.41, 5.74) is 0.800. The molecule has 1 aliphatic rings. The summed E-state index contributed by atoms with van der Waals surface area (Å²) in [7, 11) is 1.85. The van der Waals surface area contributed by atoms with E-state index in [4.69, 9.17) is 0 Å². The van der Waals surface area contributed by atoms with E-state index in [1.54, 1.807) is 10.9 Å². The van der Waals surface area contributed by atoms with Crippen LogP contribution in [0.2, 0.25) is 0 Å². The number of hydrogen-bond donors (Lipinski definition) is 2. The summed E-state index contributed by atoms with van der Waals surface area (Å²) in [6.45, 7) is 0.707. The van der Waals surface area contributed by atoms with Gasteiger partial charge in [-0.1, -0.05) is 0 Å². The Morgan fingerprint density at radius 3 is 3.10 bits per heavy atom. The van der Waals surface area contributed by atoms with Gasteiger partial charge in [0.2, 0.25) is 5.91 Å². The highest BCUT2D eigenvalue weighted by Crippen LogP contribution is 2.19. The molecule has 0 aliphatic heterocycles. The third-order valence-electron chi connectivity index (χ3n) is 3.34. The van der Waals surface area contributed by atoms with Gasteiger partial charge in [-0.25, -0.2) is 9.97 Å². The molecule has 0 bridgehead atoms. The van der Waals surface area contributed by atoms with Crippen LogP contribution in [0.15, 0.2) is 12.5 Å². The van der Waals surface area contributed by atoms with Crippen LogP contribution in [-0.2, 0) is 11.8 Å². The van der Waals surface area contributed by atoms with E-state index in [1.165, 1.54) is 6.33 Å². The van der Waals surface area contributed by atoms with Gasteiger partial charge < -0.3 is 10.6 Å². The van der Waals surface area contributed by atoms with Crippen molar-refractivity contribution < 1.29 is 4.79 Å². The maximum Gasteiger partial charge on any atom is 0.220 e. The molecule has 20 heavy (non-hydrogen) atoms. The molecule has 1 amide bonds. The highest BCUT2D eigenvalue weighted by atomic mass is 16.1. The van der Waals surface area contributed by atoms with E-state index < -0.39 is 0 Å². The van der Waals surface area contributed by atoms with Crippen LogP contribution in [0, 0.1) is 0 Å². The van der Waals surface area contributed by atoms with Gasteiger partial charge in [-0.05, 0) is 19.3 Å². The molecule has 0 atom stereocenters. The summed E-state index contributed by atoms with van der Waals surface area (Å²) in [5.74, 6) is 0.911. The van der Waals surface area contributed by atoms with Gasteiger partial charge in [0.15, 0.2) is 5.65 Å². The fourth-order valence-electron chi connectivity index (χ4n) is 2.09. The third-order valence-corrected chi connectivity index (χ3v) is 3.34. The van der Waals surface area contributed by atoms with Crippen LogP contribution in [-0.4, -0.2) is 38.2 Å². The van der Waals surface area contributed by atoms with E-state index in [-0.39, 0.29) is 5.91 Å². The first-order valence-electron chi connectivity index (χ1n) is 6.90. The minimum absolute atomic E-state index is 0.142. The number of carbonyl (C=O) groups is 1. The quantitative estimate of drug-likeness (QED) is 0.762. The normalized spacial score (nSPS) is 14.4. The average Bonchev–Trinajstić information content (AvgIpc) is 3.17. The van der Waals surface area contributed by atoms with Gasteiger partial charge in [0.25, 0.3) is 0 Å². The minimum Gasteiger partial charge on any atom is -0.369 e. The molecule has 3 rings (SSSR count). The molecule has 0 spiro atoms. The van der Waals surface area contributed by atoms with Gasteiger partial charge in [-0.3, -0.25) is 9.48 Å².